The van der Waals surface area contributed by atoms with E-state index in [1.54, 1.807) is 24.3 Å². The summed E-state index contributed by atoms with van der Waals surface area (Å²) >= 11 is 0. The van der Waals surface area contributed by atoms with Gasteiger partial charge in [0.2, 0.25) is 5.91 Å². The van der Waals surface area contributed by atoms with Gasteiger partial charge in [0.25, 0.3) is 0 Å². The third-order valence-corrected chi connectivity index (χ3v) is 4.98. The molecule has 0 radical (unpaired) electrons. The lowest BCUT2D eigenvalue weighted by Gasteiger charge is -2.19. The number of carbonyl (C=O) groups is 2. The molecule has 0 bridgehead atoms. The molecule has 0 atom stereocenters. The Morgan fingerprint density at radius 1 is 0.931 bits per heavy atom. The minimum absolute atomic E-state index is 0.0390. The fourth-order valence-corrected chi connectivity index (χ4v) is 3.19. The molecule has 0 aliphatic carbocycles. The van der Waals surface area contributed by atoms with Crippen molar-refractivity contribution in [2.75, 3.05) is 11.9 Å². The number of amides is 1. The van der Waals surface area contributed by atoms with Crippen molar-refractivity contribution >= 4 is 17.4 Å². The Morgan fingerprint density at radius 3 is 2.10 bits per heavy atom. The highest BCUT2D eigenvalue weighted by atomic mass is 16.2. The number of pyridine rings is 1. The van der Waals surface area contributed by atoms with Gasteiger partial charge >= 0.3 is 0 Å². The summed E-state index contributed by atoms with van der Waals surface area (Å²) in [6.07, 6.45) is 4.69. The number of carbonyl (C=O) groups excluding carboxylic acids is 2. The molecule has 1 heterocycles. The van der Waals surface area contributed by atoms with E-state index in [0.29, 0.717) is 12.8 Å². The number of benzene rings is 2. The van der Waals surface area contributed by atoms with Gasteiger partial charge in [-0.05, 0) is 41.3 Å². The number of hydrogen-bond acceptors (Lipinski definition) is 3. The van der Waals surface area contributed by atoms with Crippen LogP contribution in [-0.4, -0.2) is 23.7 Å². The number of aromatic nitrogens is 1. The highest BCUT2D eigenvalue weighted by Gasteiger charge is 2.14. The van der Waals surface area contributed by atoms with Crippen molar-refractivity contribution < 1.29 is 9.59 Å². The van der Waals surface area contributed by atoms with Crippen LogP contribution in [0.2, 0.25) is 0 Å². The van der Waals surface area contributed by atoms with Crippen LogP contribution in [0.3, 0.4) is 0 Å². The SMILES string of the molecule is CC(C)C(=O)N(C)c1ccc(-c2ccc(C(=O)CCc3cccnc3)cc2)cc1. The fourth-order valence-electron chi connectivity index (χ4n) is 3.19. The second kappa shape index (κ2) is 9.28. The van der Waals surface area contributed by atoms with Crippen molar-refractivity contribution in [2.24, 2.45) is 5.92 Å². The fraction of sp³-hybridized carbons (Fsp3) is 0.240. The number of anilines is 1. The van der Waals surface area contributed by atoms with E-state index in [0.717, 1.165) is 27.9 Å². The normalized spacial score (nSPS) is 10.8. The first kappa shape index (κ1) is 20.5. The van der Waals surface area contributed by atoms with E-state index < -0.39 is 0 Å². The lowest BCUT2D eigenvalue weighted by molar-refractivity contribution is -0.121. The van der Waals surface area contributed by atoms with Gasteiger partial charge in [-0.1, -0.05) is 56.3 Å². The number of aryl methyl sites for hydroxylation is 1. The molecule has 0 spiro atoms. The highest BCUT2D eigenvalue weighted by molar-refractivity contribution is 5.97. The average Bonchev–Trinajstić information content (AvgIpc) is 2.77. The van der Waals surface area contributed by atoms with Crippen LogP contribution in [0.15, 0.2) is 73.1 Å². The van der Waals surface area contributed by atoms with E-state index in [4.69, 9.17) is 0 Å². The summed E-state index contributed by atoms with van der Waals surface area (Å²) in [5.41, 5.74) is 4.75. The van der Waals surface area contributed by atoms with Gasteiger partial charge in [-0.25, -0.2) is 0 Å². The quantitative estimate of drug-likeness (QED) is 0.526. The number of Topliss-reactive ketones (excluding diaryl/α,β-unsaturated/α-hetero) is 1. The maximum Gasteiger partial charge on any atom is 0.229 e. The minimum atomic E-state index is -0.0390. The van der Waals surface area contributed by atoms with Gasteiger partial charge < -0.3 is 4.90 Å². The van der Waals surface area contributed by atoms with E-state index in [9.17, 15) is 9.59 Å². The van der Waals surface area contributed by atoms with Crippen molar-refractivity contribution in [3.63, 3.8) is 0 Å². The largest absolute Gasteiger partial charge is 0.315 e. The predicted molar refractivity (Wildman–Crippen MR) is 117 cm³/mol. The molecule has 29 heavy (non-hydrogen) atoms. The first-order chi connectivity index (χ1) is 14.0. The monoisotopic (exact) mass is 386 g/mol. The van der Waals surface area contributed by atoms with Gasteiger partial charge in [0, 0.05) is 43.0 Å². The van der Waals surface area contributed by atoms with Crippen LogP contribution in [0.25, 0.3) is 11.1 Å². The second-order valence-electron chi connectivity index (χ2n) is 7.46. The van der Waals surface area contributed by atoms with Crippen molar-refractivity contribution in [3.05, 3.63) is 84.2 Å². The van der Waals surface area contributed by atoms with Crippen LogP contribution < -0.4 is 4.90 Å². The molecule has 1 amide bonds. The number of nitrogens with zero attached hydrogens (tertiary/aromatic N) is 2. The van der Waals surface area contributed by atoms with Crippen molar-refractivity contribution in [1.82, 2.24) is 4.98 Å². The van der Waals surface area contributed by atoms with Gasteiger partial charge in [0.1, 0.15) is 0 Å². The predicted octanol–water partition coefficient (Wildman–Crippen LogP) is 5.18. The number of rotatable bonds is 7. The molecule has 3 rings (SSSR count). The Bertz CT molecular complexity index is 962. The van der Waals surface area contributed by atoms with Crippen LogP contribution in [-0.2, 0) is 11.2 Å². The van der Waals surface area contributed by atoms with Gasteiger partial charge in [0.15, 0.2) is 5.78 Å². The zero-order valence-corrected chi connectivity index (χ0v) is 17.1. The standard InChI is InChI=1S/C25H26N2O2/c1-18(2)25(29)27(3)23-13-11-21(12-14-23)20-7-9-22(10-8-20)24(28)15-6-19-5-4-16-26-17-19/h4-5,7-14,16-18H,6,15H2,1-3H3. The van der Waals surface area contributed by atoms with Gasteiger partial charge in [0.05, 0.1) is 0 Å². The summed E-state index contributed by atoms with van der Waals surface area (Å²) in [4.78, 5) is 30.3. The molecule has 0 N–H and O–H groups in total. The molecule has 4 nitrogen and oxygen atoms in total. The molecule has 2 aromatic carbocycles. The maximum absolute atomic E-state index is 12.4. The van der Waals surface area contributed by atoms with E-state index in [2.05, 4.69) is 4.98 Å². The van der Waals surface area contributed by atoms with Gasteiger partial charge in [-0.15, -0.1) is 0 Å². The van der Waals surface area contributed by atoms with Crippen LogP contribution in [0, 0.1) is 5.92 Å². The number of ketones is 1. The Hall–Kier alpha value is -3.27. The summed E-state index contributed by atoms with van der Waals surface area (Å²) in [7, 11) is 1.79. The summed E-state index contributed by atoms with van der Waals surface area (Å²) in [6.45, 7) is 3.79. The van der Waals surface area contributed by atoms with E-state index in [-0.39, 0.29) is 17.6 Å². The zero-order chi connectivity index (χ0) is 20.8. The Morgan fingerprint density at radius 2 is 1.55 bits per heavy atom. The Labute approximate surface area is 172 Å². The lowest BCUT2D eigenvalue weighted by Crippen LogP contribution is -2.30. The summed E-state index contributed by atoms with van der Waals surface area (Å²) < 4.78 is 0. The molecule has 0 saturated heterocycles. The Balaban J connectivity index is 1.65. The molecule has 1 aromatic heterocycles. The maximum atomic E-state index is 12.4. The van der Waals surface area contributed by atoms with Gasteiger partial charge in [-0.2, -0.15) is 0 Å². The summed E-state index contributed by atoms with van der Waals surface area (Å²) in [6, 6.07) is 19.5. The first-order valence-electron chi connectivity index (χ1n) is 9.86. The minimum Gasteiger partial charge on any atom is -0.315 e. The zero-order valence-electron chi connectivity index (χ0n) is 17.1. The topological polar surface area (TPSA) is 50.3 Å². The molecular weight excluding hydrogens is 360 g/mol. The molecule has 0 aliphatic heterocycles. The van der Waals surface area contributed by atoms with Gasteiger partial charge in [-0.3, -0.25) is 14.6 Å². The summed E-state index contributed by atoms with van der Waals surface area (Å²) in [5, 5.41) is 0. The van der Waals surface area contributed by atoms with E-state index >= 15 is 0 Å². The molecule has 0 saturated carbocycles. The van der Waals surface area contributed by atoms with Crippen molar-refractivity contribution in [2.45, 2.75) is 26.7 Å². The van der Waals surface area contributed by atoms with Crippen LogP contribution in [0.4, 0.5) is 5.69 Å². The van der Waals surface area contributed by atoms with Crippen LogP contribution in [0.1, 0.15) is 36.2 Å². The van der Waals surface area contributed by atoms with Crippen molar-refractivity contribution in [3.8, 4) is 11.1 Å². The third kappa shape index (κ3) is 5.17. The number of hydrogen-bond donors (Lipinski definition) is 0. The molecule has 3 aromatic rings. The average molecular weight is 386 g/mol. The molecule has 148 valence electrons. The molecule has 0 fully saturated rings. The van der Waals surface area contributed by atoms with E-state index in [1.807, 2.05) is 74.5 Å². The first-order valence-corrected chi connectivity index (χ1v) is 9.86. The molecule has 4 heteroatoms. The van der Waals surface area contributed by atoms with E-state index in [1.165, 1.54) is 0 Å². The molecular formula is C25H26N2O2. The van der Waals surface area contributed by atoms with Crippen molar-refractivity contribution in [1.29, 1.82) is 0 Å². The third-order valence-electron chi connectivity index (χ3n) is 4.98. The lowest BCUT2D eigenvalue weighted by atomic mass is 9.99. The smallest absolute Gasteiger partial charge is 0.229 e. The molecule has 0 unspecified atom stereocenters. The Kier molecular flexibility index (Phi) is 6.55. The second-order valence-corrected chi connectivity index (χ2v) is 7.46. The van der Waals surface area contributed by atoms with Crippen LogP contribution >= 0.6 is 0 Å². The molecule has 0 aliphatic rings. The van der Waals surface area contributed by atoms with Crippen LogP contribution in [0.5, 0.6) is 0 Å². The summed E-state index contributed by atoms with van der Waals surface area (Å²) in [5.74, 6) is 0.180. The highest BCUT2D eigenvalue weighted by Crippen LogP contribution is 2.24.